The van der Waals surface area contributed by atoms with Gasteiger partial charge in [0.2, 0.25) is 5.91 Å². The maximum atomic E-state index is 12.9. The van der Waals surface area contributed by atoms with Gasteiger partial charge in [-0.1, -0.05) is 66.7 Å². The van der Waals surface area contributed by atoms with Gasteiger partial charge in [0.1, 0.15) is 0 Å². The molecule has 7 heteroatoms. The number of hydrogen-bond acceptors (Lipinski definition) is 4. The Labute approximate surface area is 198 Å². The summed E-state index contributed by atoms with van der Waals surface area (Å²) in [4.78, 5) is 12.6. The number of rotatable bonds is 8. The van der Waals surface area contributed by atoms with Crippen LogP contribution in [-0.2, 0) is 20.6 Å². The van der Waals surface area contributed by atoms with Crippen LogP contribution in [0.2, 0.25) is 0 Å². The molecule has 4 aromatic carbocycles. The molecule has 0 aliphatic carbocycles. The molecule has 0 saturated heterocycles. The molecule has 0 aromatic heterocycles. The van der Waals surface area contributed by atoms with Crippen LogP contribution in [0.3, 0.4) is 0 Å². The largest absolute Gasteiger partial charge is 0.325 e. The molecule has 0 aliphatic heterocycles. The summed E-state index contributed by atoms with van der Waals surface area (Å²) in [5.41, 5.74) is 2.24. The molecule has 0 spiro atoms. The minimum Gasteiger partial charge on any atom is -0.325 e. The summed E-state index contributed by atoms with van der Waals surface area (Å²) in [6, 6.07) is 29.2. The highest BCUT2D eigenvalue weighted by molar-refractivity contribution is 7.99. The van der Waals surface area contributed by atoms with Gasteiger partial charge < -0.3 is 5.32 Å². The molecule has 0 unspecified atom stereocenters. The lowest BCUT2D eigenvalue weighted by molar-refractivity contribution is -0.115. The van der Waals surface area contributed by atoms with E-state index in [9.17, 15) is 13.2 Å². The normalized spacial score (nSPS) is 12.3. The molecule has 2 N–H and O–H groups in total. The van der Waals surface area contributed by atoms with Crippen LogP contribution in [0.15, 0.2) is 102 Å². The number of anilines is 2. The topological polar surface area (TPSA) is 75.3 Å². The molecule has 0 radical (unpaired) electrons. The fourth-order valence-corrected chi connectivity index (χ4v) is 5.28. The van der Waals surface area contributed by atoms with E-state index in [-0.39, 0.29) is 16.1 Å². The van der Waals surface area contributed by atoms with Crippen LogP contribution in [0.4, 0.5) is 11.4 Å². The number of benzene rings is 4. The van der Waals surface area contributed by atoms with Crippen LogP contribution in [0.25, 0.3) is 10.8 Å². The Hall–Kier alpha value is -3.29. The molecule has 0 heterocycles. The maximum absolute atomic E-state index is 12.9. The highest BCUT2D eigenvalue weighted by atomic mass is 32.2. The zero-order valence-electron chi connectivity index (χ0n) is 18.1. The average molecular weight is 477 g/mol. The number of sulfonamides is 1. The Bertz CT molecular complexity index is 1350. The summed E-state index contributed by atoms with van der Waals surface area (Å²) in [5, 5.41) is 4.39. The molecule has 0 fully saturated rings. The lowest BCUT2D eigenvalue weighted by Crippen LogP contribution is -2.22. The van der Waals surface area contributed by atoms with Crippen molar-refractivity contribution >= 4 is 49.8 Å². The molecule has 1 atom stereocenters. The molecule has 4 aromatic rings. The lowest BCUT2D eigenvalue weighted by atomic mass is 10.1. The highest BCUT2D eigenvalue weighted by Gasteiger charge is 2.17. The van der Waals surface area contributed by atoms with Gasteiger partial charge in [0.05, 0.1) is 15.8 Å². The molecule has 0 saturated carbocycles. The summed E-state index contributed by atoms with van der Waals surface area (Å²) >= 11 is 1.55. The van der Waals surface area contributed by atoms with Gasteiger partial charge >= 0.3 is 0 Å². The molecule has 168 valence electrons. The summed E-state index contributed by atoms with van der Waals surface area (Å²) in [6.45, 7) is 1.86. The second-order valence-corrected chi connectivity index (χ2v) is 10.6. The summed E-state index contributed by atoms with van der Waals surface area (Å²) < 4.78 is 28.5. The van der Waals surface area contributed by atoms with E-state index >= 15 is 0 Å². The number of thioether (sulfide) groups is 1. The Morgan fingerprint density at radius 3 is 2.27 bits per heavy atom. The van der Waals surface area contributed by atoms with E-state index in [1.807, 2.05) is 73.7 Å². The van der Waals surface area contributed by atoms with Crippen molar-refractivity contribution in [1.82, 2.24) is 0 Å². The van der Waals surface area contributed by atoms with Crippen LogP contribution in [-0.4, -0.2) is 19.6 Å². The van der Waals surface area contributed by atoms with Gasteiger partial charge in [0, 0.05) is 16.8 Å². The third kappa shape index (κ3) is 5.74. The summed E-state index contributed by atoms with van der Waals surface area (Å²) in [6.07, 6.45) is 0. The maximum Gasteiger partial charge on any atom is 0.261 e. The van der Waals surface area contributed by atoms with Crippen molar-refractivity contribution in [2.45, 2.75) is 22.8 Å². The molecule has 5 nitrogen and oxygen atoms in total. The standard InChI is InChI=1S/C26H24N2O3S2/c1-19(32-18-20-8-3-2-4-9-20)26(29)27-22-14-16-23(17-15-22)33(30,31)28-25-13-7-11-21-10-5-6-12-24(21)25/h2-17,19,28H,18H2,1H3,(H,27,29)/t19-/m0/s1. The third-order valence-corrected chi connectivity index (χ3v) is 7.77. The second kappa shape index (κ2) is 10.1. The highest BCUT2D eigenvalue weighted by Crippen LogP contribution is 2.26. The first-order valence-electron chi connectivity index (χ1n) is 10.5. The molecular formula is C26H24N2O3S2. The second-order valence-electron chi connectivity index (χ2n) is 7.58. The summed E-state index contributed by atoms with van der Waals surface area (Å²) in [7, 11) is -3.77. The first-order valence-corrected chi connectivity index (χ1v) is 13.0. The molecule has 33 heavy (non-hydrogen) atoms. The van der Waals surface area contributed by atoms with Gasteiger partial charge in [-0.15, -0.1) is 11.8 Å². The van der Waals surface area contributed by atoms with Crippen molar-refractivity contribution in [3.63, 3.8) is 0 Å². The Balaban J connectivity index is 1.40. The Morgan fingerprint density at radius 1 is 0.848 bits per heavy atom. The van der Waals surface area contributed by atoms with Crippen molar-refractivity contribution in [2.75, 3.05) is 10.0 Å². The van der Waals surface area contributed by atoms with Crippen molar-refractivity contribution in [3.05, 3.63) is 103 Å². The number of fused-ring (bicyclic) bond motifs is 1. The van der Waals surface area contributed by atoms with Crippen molar-refractivity contribution < 1.29 is 13.2 Å². The lowest BCUT2D eigenvalue weighted by Gasteiger charge is -2.13. The zero-order valence-corrected chi connectivity index (χ0v) is 19.7. The number of hydrogen-bond donors (Lipinski definition) is 2. The van der Waals surface area contributed by atoms with Gasteiger partial charge in [-0.3, -0.25) is 9.52 Å². The fourth-order valence-electron chi connectivity index (χ4n) is 3.35. The van der Waals surface area contributed by atoms with E-state index in [1.54, 1.807) is 30.0 Å². The Kier molecular flexibility index (Phi) is 7.01. The van der Waals surface area contributed by atoms with Crippen LogP contribution in [0.5, 0.6) is 0 Å². The molecular weight excluding hydrogens is 452 g/mol. The van der Waals surface area contributed by atoms with Crippen molar-refractivity contribution in [2.24, 2.45) is 0 Å². The van der Waals surface area contributed by atoms with E-state index in [1.165, 1.54) is 12.1 Å². The van der Waals surface area contributed by atoms with Crippen LogP contribution < -0.4 is 10.0 Å². The monoisotopic (exact) mass is 476 g/mol. The average Bonchev–Trinajstić information content (AvgIpc) is 2.83. The molecule has 4 rings (SSSR count). The van der Waals surface area contributed by atoms with E-state index < -0.39 is 10.0 Å². The minimum atomic E-state index is -3.77. The number of nitrogens with one attached hydrogen (secondary N) is 2. The molecule has 1 amide bonds. The SMILES string of the molecule is C[C@H](SCc1ccccc1)C(=O)Nc1ccc(S(=O)(=O)Nc2cccc3ccccc23)cc1. The Morgan fingerprint density at radius 2 is 1.52 bits per heavy atom. The van der Waals surface area contributed by atoms with Gasteiger partial charge in [0.25, 0.3) is 10.0 Å². The molecule has 0 aliphatic rings. The van der Waals surface area contributed by atoms with Crippen LogP contribution in [0, 0.1) is 0 Å². The quantitative estimate of drug-likeness (QED) is 0.332. The molecule has 0 bridgehead atoms. The van der Waals surface area contributed by atoms with E-state index in [2.05, 4.69) is 10.0 Å². The van der Waals surface area contributed by atoms with Crippen molar-refractivity contribution in [3.8, 4) is 0 Å². The predicted octanol–water partition coefficient (Wildman–Crippen LogP) is 5.90. The first kappa shape index (κ1) is 22.9. The van der Waals surface area contributed by atoms with E-state index in [4.69, 9.17) is 0 Å². The zero-order chi connectivity index (χ0) is 23.3. The van der Waals surface area contributed by atoms with Gasteiger partial charge in [0.15, 0.2) is 0 Å². The number of carbonyl (C=O) groups is 1. The van der Waals surface area contributed by atoms with Gasteiger partial charge in [-0.25, -0.2) is 8.42 Å². The number of carbonyl (C=O) groups excluding carboxylic acids is 1. The number of amides is 1. The van der Waals surface area contributed by atoms with Crippen LogP contribution >= 0.6 is 11.8 Å². The van der Waals surface area contributed by atoms with Gasteiger partial charge in [-0.2, -0.15) is 0 Å². The van der Waals surface area contributed by atoms with Crippen LogP contribution in [0.1, 0.15) is 12.5 Å². The van der Waals surface area contributed by atoms with Crippen molar-refractivity contribution in [1.29, 1.82) is 0 Å². The minimum absolute atomic E-state index is 0.125. The first-order chi connectivity index (χ1) is 15.9. The summed E-state index contributed by atoms with van der Waals surface area (Å²) in [5.74, 6) is 0.618. The van der Waals surface area contributed by atoms with E-state index in [0.29, 0.717) is 11.4 Å². The fraction of sp³-hybridized carbons (Fsp3) is 0.115. The smallest absolute Gasteiger partial charge is 0.261 e. The third-order valence-electron chi connectivity index (χ3n) is 5.18. The van der Waals surface area contributed by atoms with E-state index in [0.717, 1.165) is 22.1 Å². The predicted molar refractivity (Wildman–Crippen MR) is 137 cm³/mol. The van der Waals surface area contributed by atoms with Gasteiger partial charge in [-0.05, 0) is 48.2 Å².